The van der Waals surface area contributed by atoms with Gasteiger partial charge in [0.25, 0.3) is 5.91 Å². The van der Waals surface area contributed by atoms with Gasteiger partial charge in [0.1, 0.15) is 5.76 Å². The number of nitrogens with zero attached hydrogens (tertiary/aromatic N) is 1. The first-order chi connectivity index (χ1) is 11.7. The Labute approximate surface area is 138 Å². The normalized spacial score (nSPS) is 10.4. The number of rotatable bonds is 6. The molecule has 0 fully saturated rings. The number of ether oxygens (including phenoxy) is 2. The largest absolute Gasteiger partial charge is 0.493 e. The molecule has 1 aromatic carbocycles. The number of nitrogens with one attached hydrogen (secondary N) is 2. The van der Waals surface area contributed by atoms with E-state index in [1.807, 2.05) is 6.07 Å². The first-order valence-electron chi connectivity index (χ1n) is 7.29. The van der Waals surface area contributed by atoms with E-state index in [0.29, 0.717) is 35.1 Å². The summed E-state index contributed by atoms with van der Waals surface area (Å²) in [6, 6.07) is 8.96. The first kappa shape index (κ1) is 15.7. The van der Waals surface area contributed by atoms with Gasteiger partial charge in [0.2, 0.25) is 0 Å². The number of carbonyl (C=O) groups excluding carboxylic acids is 1. The molecule has 0 saturated carbocycles. The van der Waals surface area contributed by atoms with Crippen LogP contribution in [0.3, 0.4) is 0 Å². The molecular formula is C17H17N3O4. The van der Waals surface area contributed by atoms with Crippen molar-refractivity contribution in [2.45, 2.75) is 6.54 Å². The number of hydrogen-bond acceptors (Lipinski definition) is 5. The van der Waals surface area contributed by atoms with Crippen LogP contribution in [0.5, 0.6) is 11.5 Å². The third-order valence-corrected chi connectivity index (χ3v) is 3.56. The maximum absolute atomic E-state index is 12.4. The molecule has 0 atom stereocenters. The van der Waals surface area contributed by atoms with Crippen molar-refractivity contribution >= 4 is 5.91 Å². The maximum Gasteiger partial charge on any atom is 0.255 e. The second-order valence-electron chi connectivity index (χ2n) is 4.99. The molecule has 0 radical (unpaired) electrons. The van der Waals surface area contributed by atoms with E-state index in [4.69, 9.17) is 13.9 Å². The molecule has 0 saturated heterocycles. The summed E-state index contributed by atoms with van der Waals surface area (Å²) in [5.41, 5.74) is 1.81. The lowest BCUT2D eigenvalue weighted by Crippen LogP contribution is -2.22. The fourth-order valence-electron chi connectivity index (χ4n) is 2.35. The van der Waals surface area contributed by atoms with Gasteiger partial charge in [-0.15, -0.1) is 0 Å². The minimum atomic E-state index is -0.245. The zero-order valence-electron chi connectivity index (χ0n) is 13.3. The summed E-state index contributed by atoms with van der Waals surface area (Å²) in [5, 5.41) is 9.64. The number of H-pyrrole nitrogens is 1. The topological polar surface area (TPSA) is 89.4 Å². The summed E-state index contributed by atoms with van der Waals surface area (Å²) in [7, 11) is 3.13. The van der Waals surface area contributed by atoms with Crippen LogP contribution < -0.4 is 14.8 Å². The van der Waals surface area contributed by atoms with Crippen molar-refractivity contribution in [3.8, 4) is 22.8 Å². The van der Waals surface area contributed by atoms with Gasteiger partial charge in [-0.05, 0) is 30.3 Å². The molecule has 2 heterocycles. The average Bonchev–Trinajstić information content (AvgIpc) is 3.30. The van der Waals surface area contributed by atoms with Gasteiger partial charge in [0.15, 0.2) is 11.5 Å². The van der Waals surface area contributed by atoms with Gasteiger partial charge in [0, 0.05) is 5.56 Å². The van der Waals surface area contributed by atoms with Crippen LogP contribution >= 0.6 is 0 Å². The van der Waals surface area contributed by atoms with E-state index in [1.54, 1.807) is 44.7 Å². The van der Waals surface area contributed by atoms with Gasteiger partial charge in [-0.25, -0.2) is 0 Å². The third-order valence-electron chi connectivity index (χ3n) is 3.56. The van der Waals surface area contributed by atoms with Crippen LogP contribution in [0.15, 0.2) is 47.2 Å². The highest BCUT2D eigenvalue weighted by Crippen LogP contribution is 2.32. The molecule has 3 rings (SSSR count). The van der Waals surface area contributed by atoms with Crippen molar-refractivity contribution in [3.63, 3.8) is 0 Å². The Hall–Kier alpha value is -3.22. The second-order valence-corrected chi connectivity index (χ2v) is 4.99. The van der Waals surface area contributed by atoms with Crippen LogP contribution in [-0.2, 0) is 6.54 Å². The molecule has 0 aliphatic carbocycles. The van der Waals surface area contributed by atoms with Crippen molar-refractivity contribution in [1.82, 2.24) is 15.5 Å². The second kappa shape index (κ2) is 6.91. The molecule has 0 bridgehead atoms. The Kier molecular flexibility index (Phi) is 4.51. The monoisotopic (exact) mass is 327 g/mol. The molecule has 0 unspecified atom stereocenters. The Morgan fingerprint density at radius 2 is 2.08 bits per heavy atom. The van der Waals surface area contributed by atoms with Crippen LogP contribution in [-0.4, -0.2) is 30.3 Å². The van der Waals surface area contributed by atoms with Crippen molar-refractivity contribution in [1.29, 1.82) is 0 Å². The number of aromatic nitrogens is 2. The molecule has 124 valence electrons. The number of carbonyl (C=O) groups is 1. The lowest BCUT2D eigenvalue weighted by Gasteiger charge is -2.10. The molecule has 3 aromatic rings. The standard InChI is InChI=1S/C17H17N3O4/c1-22-14-6-5-11(8-15(14)23-2)16-13(10-19-20-16)17(21)18-9-12-4-3-7-24-12/h3-8,10H,9H2,1-2H3,(H,18,21)(H,19,20). The zero-order valence-corrected chi connectivity index (χ0v) is 13.3. The Balaban J connectivity index is 1.83. The molecule has 7 heteroatoms. The highest BCUT2D eigenvalue weighted by atomic mass is 16.5. The summed E-state index contributed by atoms with van der Waals surface area (Å²) in [4.78, 5) is 12.4. The van der Waals surface area contributed by atoms with Crippen LogP contribution in [0.25, 0.3) is 11.3 Å². The Morgan fingerprint density at radius 1 is 1.25 bits per heavy atom. The first-order valence-corrected chi connectivity index (χ1v) is 7.29. The molecule has 0 aliphatic heterocycles. The zero-order chi connectivity index (χ0) is 16.9. The quantitative estimate of drug-likeness (QED) is 0.726. The van der Waals surface area contributed by atoms with E-state index in [9.17, 15) is 4.79 Å². The van der Waals surface area contributed by atoms with Gasteiger partial charge in [-0.1, -0.05) is 0 Å². The van der Waals surface area contributed by atoms with Crippen molar-refractivity contribution in [3.05, 3.63) is 54.1 Å². The third kappa shape index (κ3) is 3.10. The Morgan fingerprint density at radius 3 is 2.79 bits per heavy atom. The van der Waals surface area contributed by atoms with Gasteiger partial charge in [0.05, 0.1) is 44.5 Å². The van der Waals surface area contributed by atoms with Crippen LogP contribution in [0.1, 0.15) is 16.1 Å². The van der Waals surface area contributed by atoms with Crippen molar-refractivity contribution in [2.75, 3.05) is 14.2 Å². The average molecular weight is 327 g/mol. The van der Waals surface area contributed by atoms with E-state index < -0.39 is 0 Å². The van der Waals surface area contributed by atoms with E-state index in [-0.39, 0.29) is 5.91 Å². The molecule has 0 aliphatic rings. The van der Waals surface area contributed by atoms with Crippen molar-refractivity contribution in [2.24, 2.45) is 0 Å². The smallest absolute Gasteiger partial charge is 0.255 e. The summed E-state index contributed by atoms with van der Waals surface area (Å²) in [6.45, 7) is 0.308. The molecule has 24 heavy (non-hydrogen) atoms. The van der Waals surface area contributed by atoms with E-state index in [2.05, 4.69) is 15.5 Å². The SMILES string of the molecule is COc1ccc(-c2[nH]ncc2C(=O)NCc2ccco2)cc1OC. The number of furan rings is 1. The highest BCUT2D eigenvalue weighted by molar-refractivity contribution is 5.99. The predicted molar refractivity (Wildman–Crippen MR) is 87.0 cm³/mol. The molecule has 1 amide bonds. The summed E-state index contributed by atoms with van der Waals surface area (Å²) in [6.07, 6.45) is 3.05. The number of methoxy groups -OCH3 is 2. The van der Waals surface area contributed by atoms with Crippen LogP contribution in [0.2, 0.25) is 0 Å². The minimum Gasteiger partial charge on any atom is -0.493 e. The van der Waals surface area contributed by atoms with E-state index in [0.717, 1.165) is 5.56 Å². The highest BCUT2D eigenvalue weighted by Gasteiger charge is 2.17. The summed E-state index contributed by atoms with van der Waals surface area (Å²) < 4.78 is 15.7. The fraction of sp³-hybridized carbons (Fsp3) is 0.176. The van der Waals surface area contributed by atoms with Crippen LogP contribution in [0.4, 0.5) is 0 Å². The minimum absolute atomic E-state index is 0.245. The Bertz CT molecular complexity index is 824. The molecule has 0 spiro atoms. The van der Waals surface area contributed by atoms with E-state index in [1.165, 1.54) is 6.20 Å². The van der Waals surface area contributed by atoms with Crippen molar-refractivity contribution < 1.29 is 18.7 Å². The summed E-state index contributed by atoms with van der Waals surface area (Å²) in [5.74, 6) is 1.63. The molecule has 7 nitrogen and oxygen atoms in total. The van der Waals surface area contributed by atoms with Gasteiger partial charge >= 0.3 is 0 Å². The number of aromatic amines is 1. The number of benzene rings is 1. The van der Waals surface area contributed by atoms with Gasteiger partial charge in [-0.3, -0.25) is 9.89 Å². The van der Waals surface area contributed by atoms with Crippen LogP contribution in [0, 0.1) is 0 Å². The number of amides is 1. The summed E-state index contributed by atoms with van der Waals surface area (Å²) >= 11 is 0. The molecule has 2 N–H and O–H groups in total. The number of hydrogen-bond donors (Lipinski definition) is 2. The van der Waals surface area contributed by atoms with Gasteiger partial charge in [-0.2, -0.15) is 5.10 Å². The lowest BCUT2D eigenvalue weighted by molar-refractivity contribution is 0.0948. The molecular weight excluding hydrogens is 310 g/mol. The van der Waals surface area contributed by atoms with E-state index >= 15 is 0 Å². The molecule has 2 aromatic heterocycles. The van der Waals surface area contributed by atoms with Gasteiger partial charge < -0.3 is 19.2 Å². The lowest BCUT2D eigenvalue weighted by atomic mass is 10.1. The fourth-order valence-corrected chi connectivity index (χ4v) is 2.35. The maximum atomic E-state index is 12.4. The predicted octanol–water partition coefficient (Wildman–Crippen LogP) is 2.62.